The van der Waals surface area contributed by atoms with Gasteiger partial charge in [0, 0.05) is 12.4 Å². The van der Waals surface area contributed by atoms with Crippen LogP contribution in [0.1, 0.15) is 18.1 Å². The Kier molecular flexibility index (Phi) is 5.65. The molecule has 0 atom stereocenters. The summed E-state index contributed by atoms with van der Waals surface area (Å²) >= 11 is 0. The summed E-state index contributed by atoms with van der Waals surface area (Å²) in [5.74, 6) is 0.630. The summed E-state index contributed by atoms with van der Waals surface area (Å²) in [6, 6.07) is 8.21. The number of allylic oxidation sites excluding steroid dienone is 3. The third-order valence-corrected chi connectivity index (χ3v) is 2.34. The Morgan fingerprint density at radius 1 is 1.33 bits per heavy atom. The van der Waals surface area contributed by atoms with Gasteiger partial charge in [-0.15, -0.1) is 0 Å². The zero-order chi connectivity index (χ0) is 13.4. The minimum Gasteiger partial charge on any atom is -0.497 e. The van der Waals surface area contributed by atoms with Crippen LogP contribution in [0.3, 0.4) is 0 Å². The number of aliphatic imine (C=N–C) groups is 1. The van der Waals surface area contributed by atoms with Crippen molar-refractivity contribution >= 4 is 6.21 Å². The minimum atomic E-state index is 0.630. The van der Waals surface area contributed by atoms with Crippen molar-refractivity contribution in [2.45, 2.75) is 13.8 Å². The van der Waals surface area contributed by atoms with Gasteiger partial charge in [0.05, 0.1) is 7.11 Å². The third-order valence-electron chi connectivity index (χ3n) is 2.34. The summed E-state index contributed by atoms with van der Waals surface area (Å²) in [4.78, 5) is 4.28. The molecule has 0 fully saturated rings. The molecule has 0 aliphatic rings. The van der Waals surface area contributed by atoms with E-state index in [1.165, 1.54) is 5.56 Å². The van der Waals surface area contributed by atoms with Crippen LogP contribution in [-0.2, 0) is 4.74 Å². The van der Waals surface area contributed by atoms with Crippen LogP contribution in [0.25, 0.3) is 0 Å². The van der Waals surface area contributed by atoms with Gasteiger partial charge in [0.2, 0.25) is 0 Å². The Bertz CT molecular complexity index is 496. The van der Waals surface area contributed by atoms with E-state index in [1.807, 2.05) is 43.6 Å². The first kappa shape index (κ1) is 14.0. The summed E-state index contributed by atoms with van der Waals surface area (Å²) in [5.41, 5.74) is 3.37. The molecule has 0 aliphatic carbocycles. The fourth-order valence-electron chi connectivity index (χ4n) is 1.33. The maximum atomic E-state index is 4.94. The number of methoxy groups -OCH3 is 1. The van der Waals surface area contributed by atoms with Crippen molar-refractivity contribution < 1.29 is 4.74 Å². The van der Waals surface area contributed by atoms with Gasteiger partial charge < -0.3 is 4.74 Å². The number of ether oxygens (including phenoxy) is 1. The van der Waals surface area contributed by atoms with E-state index in [0.29, 0.717) is 5.76 Å². The Balaban J connectivity index is 2.63. The first-order chi connectivity index (χ1) is 8.61. The van der Waals surface area contributed by atoms with E-state index in [9.17, 15) is 0 Å². The zero-order valence-corrected chi connectivity index (χ0v) is 11.2. The average Bonchev–Trinajstić information content (AvgIpc) is 2.36. The highest BCUT2D eigenvalue weighted by atomic mass is 16.5. The summed E-state index contributed by atoms with van der Waals surface area (Å²) in [6.45, 7) is 7.75. The highest BCUT2D eigenvalue weighted by molar-refractivity contribution is 5.80. The lowest BCUT2D eigenvalue weighted by molar-refractivity contribution is 0.309. The molecule has 18 heavy (non-hydrogen) atoms. The van der Waals surface area contributed by atoms with Crippen molar-refractivity contribution in [2.24, 2.45) is 4.99 Å². The fourth-order valence-corrected chi connectivity index (χ4v) is 1.33. The molecule has 0 saturated carbocycles. The predicted molar refractivity (Wildman–Crippen MR) is 77.8 cm³/mol. The Hall–Kier alpha value is -2.09. The first-order valence-electron chi connectivity index (χ1n) is 5.79. The predicted octanol–water partition coefficient (Wildman–Crippen LogP) is 4.03. The molecule has 1 aromatic carbocycles. The molecular weight excluding hydrogens is 222 g/mol. The van der Waals surface area contributed by atoms with E-state index >= 15 is 0 Å². The largest absolute Gasteiger partial charge is 0.497 e. The molecule has 0 unspecified atom stereocenters. The first-order valence-corrected chi connectivity index (χ1v) is 5.79. The number of aryl methyl sites for hydroxylation is 1. The molecule has 0 N–H and O–H groups in total. The minimum absolute atomic E-state index is 0.630. The van der Waals surface area contributed by atoms with Crippen molar-refractivity contribution in [1.29, 1.82) is 0 Å². The molecule has 94 valence electrons. The summed E-state index contributed by atoms with van der Waals surface area (Å²) in [5, 5.41) is 0. The lowest BCUT2D eigenvalue weighted by atomic mass is 10.1. The average molecular weight is 241 g/mol. The second kappa shape index (κ2) is 7.28. The molecule has 0 aromatic heterocycles. The SMILES string of the molecule is C=C(/C=C/C(C)=C/N=Cc1cccc(C)c1)OC. The van der Waals surface area contributed by atoms with E-state index in [1.54, 1.807) is 7.11 Å². The van der Waals surface area contributed by atoms with Crippen LogP contribution in [0, 0.1) is 6.92 Å². The molecule has 0 radical (unpaired) electrons. The monoisotopic (exact) mass is 241 g/mol. The van der Waals surface area contributed by atoms with Gasteiger partial charge in [0.25, 0.3) is 0 Å². The summed E-state index contributed by atoms with van der Waals surface area (Å²) in [6.07, 6.45) is 7.38. The van der Waals surface area contributed by atoms with Crippen LogP contribution < -0.4 is 0 Å². The van der Waals surface area contributed by atoms with Gasteiger partial charge in [-0.3, -0.25) is 4.99 Å². The molecule has 2 heteroatoms. The van der Waals surface area contributed by atoms with E-state index in [4.69, 9.17) is 4.74 Å². The zero-order valence-electron chi connectivity index (χ0n) is 11.2. The van der Waals surface area contributed by atoms with Crippen LogP contribution in [0.15, 0.2) is 65.5 Å². The lowest BCUT2D eigenvalue weighted by Gasteiger charge is -1.95. The van der Waals surface area contributed by atoms with Crippen LogP contribution in [0.2, 0.25) is 0 Å². The van der Waals surface area contributed by atoms with E-state index in [0.717, 1.165) is 11.1 Å². The van der Waals surface area contributed by atoms with Gasteiger partial charge in [-0.05, 0) is 31.1 Å². The van der Waals surface area contributed by atoms with Crippen LogP contribution in [0.5, 0.6) is 0 Å². The molecule has 0 aliphatic heterocycles. The van der Waals surface area contributed by atoms with Gasteiger partial charge >= 0.3 is 0 Å². The van der Waals surface area contributed by atoms with E-state index in [-0.39, 0.29) is 0 Å². The Morgan fingerprint density at radius 2 is 2.11 bits per heavy atom. The maximum absolute atomic E-state index is 4.94. The number of hydrogen-bond acceptors (Lipinski definition) is 2. The van der Waals surface area contributed by atoms with Crippen molar-refractivity contribution in [3.05, 3.63) is 71.7 Å². The third kappa shape index (κ3) is 5.30. The van der Waals surface area contributed by atoms with Crippen LogP contribution >= 0.6 is 0 Å². The highest BCUT2D eigenvalue weighted by Gasteiger charge is 1.87. The number of benzene rings is 1. The number of hydrogen-bond donors (Lipinski definition) is 0. The van der Waals surface area contributed by atoms with Gasteiger partial charge in [0.1, 0.15) is 5.76 Å². The van der Waals surface area contributed by atoms with Gasteiger partial charge in [-0.25, -0.2) is 0 Å². The standard InChI is InChI=1S/C16H19NO/c1-13-6-5-7-16(10-13)12-17-11-14(2)8-9-15(3)18-4/h5-12H,3H2,1-2,4H3/b9-8+,14-11+,17-12?. The molecule has 1 aromatic rings. The summed E-state index contributed by atoms with van der Waals surface area (Å²) in [7, 11) is 1.60. The molecule has 0 bridgehead atoms. The molecular formula is C16H19NO. The van der Waals surface area contributed by atoms with Crippen molar-refractivity contribution in [3.63, 3.8) is 0 Å². The Labute approximate surface area is 109 Å². The molecule has 0 amide bonds. The molecule has 2 nitrogen and oxygen atoms in total. The maximum Gasteiger partial charge on any atom is 0.111 e. The van der Waals surface area contributed by atoms with Crippen LogP contribution in [-0.4, -0.2) is 13.3 Å². The summed E-state index contributed by atoms with van der Waals surface area (Å²) < 4.78 is 4.94. The smallest absolute Gasteiger partial charge is 0.111 e. The van der Waals surface area contributed by atoms with Gasteiger partial charge in [-0.1, -0.05) is 42.5 Å². The molecule has 0 saturated heterocycles. The molecule has 1 rings (SSSR count). The molecule has 0 spiro atoms. The van der Waals surface area contributed by atoms with E-state index < -0.39 is 0 Å². The fraction of sp³-hybridized carbons (Fsp3) is 0.188. The van der Waals surface area contributed by atoms with Gasteiger partial charge in [-0.2, -0.15) is 0 Å². The number of rotatable bonds is 5. The van der Waals surface area contributed by atoms with E-state index in [2.05, 4.69) is 30.6 Å². The van der Waals surface area contributed by atoms with Crippen molar-refractivity contribution in [3.8, 4) is 0 Å². The van der Waals surface area contributed by atoms with Gasteiger partial charge in [0.15, 0.2) is 0 Å². The Morgan fingerprint density at radius 3 is 2.78 bits per heavy atom. The normalized spacial score (nSPS) is 12.3. The van der Waals surface area contributed by atoms with Crippen molar-refractivity contribution in [1.82, 2.24) is 0 Å². The second-order valence-corrected chi connectivity index (χ2v) is 4.07. The quantitative estimate of drug-likeness (QED) is 0.433. The highest BCUT2D eigenvalue weighted by Crippen LogP contribution is 2.03. The topological polar surface area (TPSA) is 21.6 Å². The second-order valence-electron chi connectivity index (χ2n) is 4.07. The lowest BCUT2D eigenvalue weighted by Crippen LogP contribution is -1.81. The molecule has 0 heterocycles. The van der Waals surface area contributed by atoms with Crippen LogP contribution in [0.4, 0.5) is 0 Å². The van der Waals surface area contributed by atoms with Crippen molar-refractivity contribution in [2.75, 3.05) is 7.11 Å². The number of nitrogens with zero attached hydrogens (tertiary/aromatic N) is 1.